The van der Waals surface area contributed by atoms with Crippen molar-refractivity contribution in [3.05, 3.63) is 35.9 Å². The lowest BCUT2D eigenvalue weighted by atomic mass is 10.0. The lowest BCUT2D eigenvalue weighted by Gasteiger charge is -2.40. The summed E-state index contributed by atoms with van der Waals surface area (Å²) in [5.74, 6) is 0.846. The van der Waals surface area contributed by atoms with E-state index < -0.39 is 0 Å². The number of pyridine rings is 1. The molecule has 6 heteroatoms. The fourth-order valence-electron chi connectivity index (χ4n) is 3.87. The van der Waals surface area contributed by atoms with E-state index in [1.807, 2.05) is 30.3 Å². The molecule has 0 bridgehead atoms. The van der Waals surface area contributed by atoms with Gasteiger partial charge in [0.05, 0.1) is 30.8 Å². The minimum absolute atomic E-state index is 0.000442. The van der Waals surface area contributed by atoms with Crippen molar-refractivity contribution in [2.75, 3.05) is 37.8 Å². The van der Waals surface area contributed by atoms with Crippen LogP contribution in [0, 0.1) is 0 Å². The molecule has 1 aromatic carbocycles. The standard InChI is InChI=1S/C20H23N3O3/c24-19(21-14-5-6-14)16-11-18(22-17-4-2-1-3-15(16)17)23-8-10-26-20(12-23)7-9-25-13-20/h1-4,11,14H,5-10,12-13H2,(H,21,24). The van der Waals surface area contributed by atoms with Crippen LogP contribution in [0.25, 0.3) is 10.9 Å². The van der Waals surface area contributed by atoms with Crippen LogP contribution in [0.1, 0.15) is 29.6 Å². The molecule has 1 N–H and O–H groups in total. The predicted molar refractivity (Wildman–Crippen MR) is 98.6 cm³/mol. The van der Waals surface area contributed by atoms with Gasteiger partial charge in [0.2, 0.25) is 0 Å². The molecule has 1 spiro atoms. The molecule has 3 fully saturated rings. The van der Waals surface area contributed by atoms with Gasteiger partial charge >= 0.3 is 0 Å². The number of benzene rings is 1. The lowest BCUT2D eigenvalue weighted by molar-refractivity contribution is -0.0581. The van der Waals surface area contributed by atoms with E-state index in [1.165, 1.54) is 0 Å². The van der Waals surface area contributed by atoms with Crippen LogP contribution in [-0.2, 0) is 9.47 Å². The molecule has 26 heavy (non-hydrogen) atoms. The molecule has 2 aromatic rings. The number of nitrogens with one attached hydrogen (secondary N) is 1. The van der Waals surface area contributed by atoms with Gasteiger partial charge in [0.25, 0.3) is 5.91 Å². The molecular weight excluding hydrogens is 330 g/mol. The molecule has 0 radical (unpaired) electrons. The Balaban J connectivity index is 1.51. The van der Waals surface area contributed by atoms with E-state index in [0.717, 1.165) is 55.7 Å². The van der Waals surface area contributed by atoms with Crippen molar-refractivity contribution in [1.29, 1.82) is 0 Å². The lowest BCUT2D eigenvalue weighted by Crippen LogP contribution is -2.52. The number of morpholine rings is 1. The molecule has 3 heterocycles. The maximum Gasteiger partial charge on any atom is 0.252 e. The summed E-state index contributed by atoms with van der Waals surface area (Å²) in [5.41, 5.74) is 1.33. The maximum absolute atomic E-state index is 12.8. The fraction of sp³-hybridized carbons (Fsp3) is 0.500. The van der Waals surface area contributed by atoms with Crippen molar-refractivity contribution in [3.8, 4) is 0 Å². The molecule has 2 saturated heterocycles. The second kappa shape index (κ2) is 6.21. The average molecular weight is 353 g/mol. The molecule has 1 aliphatic carbocycles. The molecule has 1 unspecified atom stereocenters. The van der Waals surface area contributed by atoms with Gasteiger partial charge in [-0.3, -0.25) is 4.79 Å². The van der Waals surface area contributed by atoms with E-state index in [1.54, 1.807) is 0 Å². The zero-order valence-electron chi connectivity index (χ0n) is 14.7. The van der Waals surface area contributed by atoms with E-state index in [0.29, 0.717) is 24.8 Å². The Bertz CT molecular complexity index is 843. The Morgan fingerprint density at radius 2 is 2.15 bits per heavy atom. The summed E-state index contributed by atoms with van der Waals surface area (Å²) in [6.45, 7) is 3.56. The molecule has 2 aliphatic heterocycles. The molecule has 1 atom stereocenters. The first kappa shape index (κ1) is 16.0. The molecule has 3 aliphatic rings. The van der Waals surface area contributed by atoms with Crippen LogP contribution in [0.2, 0.25) is 0 Å². The minimum Gasteiger partial charge on any atom is -0.378 e. The quantitative estimate of drug-likeness (QED) is 0.916. The number of rotatable bonds is 3. The van der Waals surface area contributed by atoms with E-state index in [9.17, 15) is 4.79 Å². The van der Waals surface area contributed by atoms with Crippen LogP contribution in [0.15, 0.2) is 30.3 Å². The van der Waals surface area contributed by atoms with Gasteiger partial charge in [-0.25, -0.2) is 4.98 Å². The summed E-state index contributed by atoms with van der Waals surface area (Å²) < 4.78 is 11.6. The number of anilines is 1. The molecule has 5 rings (SSSR count). The number of aromatic nitrogens is 1. The second-order valence-corrected chi connectivity index (χ2v) is 7.55. The smallest absolute Gasteiger partial charge is 0.252 e. The van der Waals surface area contributed by atoms with Gasteiger partial charge in [-0.2, -0.15) is 0 Å². The highest BCUT2D eigenvalue weighted by Crippen LogP contribution is 2.31. The van der Waals surface area contributed by atoms with E-state index in [4.69, 9.17) is 14.5 Å². The Labute approximate surface area is 152 Å². The number of hydrogen-bond donors (Lipinski definition) is 1. The number of fused-ring (bicyclic) bond motifs is 1. The Hall–Kier alpha value is -2.18. The van der Waals surface area contributed by atoms with Crippen molar-refractivity contribution in [2.45, 2.75) is 30.9 Å². The highest BCUT2D eigenvalue weighted by Gasteiger charge is 2.41. The third-order valence-electron chi connectivity index (χ3n) is 5.50. The maximum atomic E-state index is 12.8. The zero-order valence-corrected chi connectivity index (χ0v) is 14.7. The Morgan fingerprint density at radius 1 is 1.27 bits per heavy atom. The summed E-state index contributed by atoms with van der Waals surface area (Å²) in [4.78, 5) is 19.9. The van der Waals surface area contributed by atoms with Crippen molar-refractivity contribution >= 4 is 22.6 Å². The summed E-state index contributed by atoms with van der Waals surface area (Å²) in [6.07, 6.45) is 3.06. The first-order chi connectivity index (χ1) is 12.7. The van der Waals surface area contributed by atoms with Crippen molar-refractivity contribution in [2.24, 2.45) is 0 Å². The molecule has 1 amide bonds. The zero-order chi connectivity index (χ0) is 17.6. The molecule has 1 saturated carbocycles. The number of ether oxygens (including phenoxy) is 2. The number of nitrogens with zero attached hydrogens (tertiary/aromatic N) is 2. The van der Waals surface area contributed by atoms with Gasteiger partial charge in [0, 0.05) is 31.0 Å². The summed E-state index contributed by atoms with van der Waals surface area (Å²) in [5, 5.41) is 4.02. The van der Waals surface area contributed by atoms with Crippen LogP contribution < -0.4 is 10.2 Å². The van der Waals surface area contributed by atoms with Crippen LogP contribution in [-0.4, -0.2) is 55.4 Å². The van der Waals surface area contributed by atoms with Gasteiger partial charge < -0.3 is 19.7 Å². The predicted octanol–water partition coefficient (Wildman–Crippen LogP) is 2.12. The van der Waals surface area contributed by atoms with Gasteiger partial charge in [0.15, 0.2) is 0 Å². The largest absolute Gasteiger partial charge is 0.378 e. The average Bonchev–Trinajstić information content (AvgIpc) is 3.38. The van der Waals surface area contributed by atoms with E-state index in [-0.39, 0.29) is 11.5 Å². The highest BCUT2D eigenvalue weighted by molar-refractivity contribution is 6.07. The first-order valence-corrected chi connectivity index (χ1v) is 9.40. The van der Waals surface area contributed by atoms with Crippen molar-refractivity contribution in [1.82, 2.24) is 10.3 Å². The van der Waals surface area contributed by atoms with Gasteiger partial charge in [-0.1, -0.05) is 18.2 Å². The number of amides is 1. The molecule has 1 aromatic heterocycles. The van der Waals surface area contributed by atoms with Gasteiger partial charge in [0.1, 0.15) is 11.4 Å². The third kappa shape index (κ3) is 2.93. The fourth-order valence-corrected chi connectivity index (χ4v) is 3.87. The number of para-hydroxylation sites is 1. The molecule has 6 nitrogen and oxygen atoms in total. The summed E-state index contributed by atoms with van der Waals surface area (Å²) >= 11 is 0. The van der Waals surface area contributed by atoms with Crippen LogP contribution in [0.5, 0.6) is 0 Å². The first-order valence-electron chi connectivity index (χ1n) is 9.40. The van der Waals surface area contributed by atoms with Crippen LogP contribution in [0.3, 0.4) is 0 Å². The Morgan fingerprint density at radius 3 is 2.96 bits per heavy atom. The van der Waals surface area contributed by atoms with Crippen molar-refractivity contribution in [3.63, 3.8) is 0 Å². The van der Waals surface area contributed by atoms with Gasteiger partial charge in [-0.15, -0.1) is 0 Å². The highest BCUT2D eigenvalue weighted by atomic mass is 16.6. The molecule has 136 valence electrons. The summed E-state index contributed by atoms with van der Waals surface area (Å²) in [6, 6.07) is 10.1. The SMILES string of the molecule is O=C(NC1CC1)c1cc(N2CCOC3(CCOC3)C2)nc2ccccc12. The van der Waals surface area contributed by atoms with E-state index >= 15 is 0 Å². The third-order valence-corrected chi connectivity index (χ3v) is 5.50. The Kier molecular flexibility index (Phi) is 3.83. The van der Waals surface area contributed by atoms with Crippen molar-refractivity contribution < 1.29 is 14.3 Å². The van der Waals surface area contributed by atoms with Gasteiger partial charge in [-0.05, 0) is 25.0 Å². The second-order valence-electron chi connectivity index (χ2n) is 7.55. The minimum atomic E-state index is -0.234. The normalized spacial score (nSPS) is 25.8. The molecular formula is C20H23N3O3. The number of hydrogen-bond acceptors (Lipinski definition) is 5. The van der Waals surface area contributed by atoms with Crippen LogP contribution >= 0.6 is 0 Å². The number of carbonyl (C=O) groups excluding carboxylic acids is 1. The number of carbonyl (C=O) groups is 1. The van der Waals surface area contributed by atoms with Crippen LogP contribution in [0.4, 0.5) is 5.82 Å². The topological polar surface area (TPSA) is 63.7 Å². The van der Waals surface area contributed by atoms with E-state index in [2.05, 4.69) is 10.2 Å². The monoisotopic (exact) mass is 353 g/mol. The summed E-state index contributed by atoms with van der Waals surface area (Å²) in [7, 11) is 0.